The Hall–Kier alpha value is -0.100. The van der Waals surface area contributed by atoms with Gasteiger partial charge in [-0.2, -0.15) is 0 Å². The van der Waals surface area contributed by atoms with Gasteiger partial charge in [-0.05, 0) is 34.8 Å². The Bertz CT molecular complexity index is 412. The maximum absolute atomic E-state index is 11.6. The zero-order valence-electron chi connectivity index (χ0n) is 9.92. The first-order valence-electron chi connectivity index (χ1n) is 6.08. The predicted octanol–water partition coefficient (Wildman–Crippen LogP) is 3.61. The van der Waals surface area contributed by atoms with Gasteiger partial charge in [0.15, 0.2) is 0 Å². The molecule has 1 atom stereocenters. The fraction of sp³-hybridized carbons (Fsp3) is 0.583. The van der Waals surface area contributed by atoms with Gasteiger partial charge in [0.2, 0.25) is 5.91 Å². The number of amides is 1. The lowest BCUT2D eigenvalue weighted by atomic mass is 9.94. The van der Waals surface area contributed by atoms with Gasteiger partial charge in [-0.3, -0.25) is 10.1 Å². The third-order valence-electron chi connectivity index (χ3n) is 3.24. The topological polar surface area (TPSA) is 55.1 Å². The van der Waals surface area contributed by atoms with Gasteiger partial charge < -0.3 is 5.73 Å². The Morgan fingerprint density at radius 1 is 1.50 bits per heavy atom. The highest BCUT2D eigenvalue weighted by Gasteiger charge is 2.25. The van der Waals surface area contributed by atoms with Crippen LogP contribution >= 0.6 is 38.9 Å². The standard InChI is InChI=1S/C12H16BrClN2OS/c13-8-6-9(18-11(8)14)10(12(15)17)16-7-4-2-1-3-5-7/h6-7,10,16H,1-5H2,(H2,15,17). The van der Waals surface area contributed by atoms with Crippen molar-refractivity contribution in [2.75, 3.05) is 0 Å². The third kappa shape index (κ3) is 3.47. The summed E-state index contributed by atoms with van der Waals surface area (Å²) in [6.07, 6.45) is 5.96. The van der Waals surface area contributed by atoms with Gasteiger partial charge in [-0.15, -0.1) is 11.3 Å². The maximum Gasteiger partial charge on any atom is 0.240 e. The van der Waals surface area contributed by atoms with E-state index in [0.717, 1.165) is 22.2 Å². The van der Waals surface area contributed by atoms with Crippen molar-refractivity contribution in [2.24, 2.45) is 5.73 Å². The third-order valence-corrected chi connectivity index (χ3v) is 5.78. The highest BCUT2D eigenvalue weighted by atomic mass is 79.9. The number of carbonyl (C=O) groups excluding carboxylic acids is 1. The SMILES string of the molecule is NC(=O)C(NC1CCCCC1)c1cc(Br)c(Cl)s1. The molecule has 3 N–H and O–H groups in total. The average Bonchev–Trinajstić information content (AvgIpc) is 2.67. The Labute approximate surface area is 124 Å². The average molecular weight is 352 g/mol. The van der Waals surface area contributed by atoms with Crippen LogP contribution in [0.5, 0.6) is 0 Å². The van der Waals surface area contributed by atoms with E-state index in [1.165, 1.54) is 30.6 Å². The molecule has 1 saturated carbocycles. The van der Waals surface area contributed by atoms with E-state index in [-0.39, 0.29) is 5.91 Å². The molecular weight excluding hydrogens is 336 g/mol. The molecule has 1 amide bonds. The summed E-state index contributed by atoms with van der Waals surface area (Å²) in [7, 11) is 0. The van der Waals surface area contributed by atoms with E-state index in [1.807, 2.05) is 6.07 Å². The molecule has 1 fully saturated rings. The first-order valence-corrected chi connectivity index (χ1v) is 8.07. The normalized spacial score (nSPS) is 18.8. The van der Waals surface area contributed by atoms with Crippen LogP contribution in [0.2, 0.25) is 4.34 Å². The molecule has 2 rings (SSSR count). The molecule has 0 bridgehead atoms. The molecule has 0 radical (unpaired) electrons. The van der Waals surface area contributed by atoms with Crippen molar-refractivity contribution < 1.29 is 4.79 Å². The molecule has 1 heterocycles. The van der Waals surface area contributed by atoms with Crippen LogP contribution in [0.4, 0.5) is 0 Å². The molecule has 1 aliphatic rings. The minimum atomic E-state index is -0.429. The molecule has 1 aromatic rings. The van der Waals surface area contributed by atoms with E-state index in [9.17, 15) is 4.79 Å². The van der Waals surface area contributed by atoms with Crippen molar-refractivity contribution in [3.05, 3.63) is 19.8 Å². The Balaban J connectivity index is 2.10. The van der Waals surface area contributed by atoms with Gasteiger partial charge in [0.25, 0.3) is 0 Å². The zero-order valence-corrected chi connectivity index (χ0v) is 13.1. The minimum absolute atomic E-state index is 0.342. The highest BCUT2D eigenvalue weighted by Crippen LogP contribution is 2.35. The lowest BCUT2D eigenvalue weighted by Crippen LogP contribution is -2.40. The summed E-state index contributed by atoms with van der Waals surface area (Å²) >= 11 is 10.8. The first kappa shape index (κ1) is 14.3. The van der Waals surface area contributed by atoms with Gasteiger partial charge in [-0.25, -0.2) is 0 Å². The van der Waals surface area contributed by atoms with Crippen molar-refractivity contribution >= 4 is 44.8 Å². The molecular formula is C12H16BrClN2OS. The highest BCUT2D eigenvalue weighted by molar-refractivity contribution is 9.10. The number of nitrogens with one attached hydrogen (secondary N) is 1. The Morgan fingerprint density at radius 2 is 2.17 bits per heavy atom. The molecule has 0 aliphatic heterocycles. The number of nitrogens with two attached hydrogens (primary N) is 1. The van der Waals surface area contributed by atoms with E-state index in [0.29, 0.717) is 10.4 Å². The predicted molar refractivity (Wildman–Crippen MR) is 79.0 cm³/mol. The number of carbonyl (C=O) groups is 1. The Kier molecular flexibility index (Phi) is 5.06. The maximum atomic E-state index is 11.6. The van der Waals surface area contributed by atoms with Crippen LogP contribution in [0, 0.1) is 0 Å². The summed E-state index contributed by atoms with van der Waals surface area (Å²) in [5.74, 6) is -0.342. The summed E-state index contributed by atoms with van der Waals surface area (Å²) in [6, 6.07) is 1.83. The Morgan fingerprint density at radius 3 is 2.67 bits per heavy atom. The second-order valence-electron chi connectivity index (χ2n) is 4.61. The number of hydrogen-bond acceptors (Lipinski definition) is 3. The van der Waals surface area contributed by atoms with E-state index in [1.54, 1.807) is 0 Å². The first-order chi connectivity index (χ1) is 8.58. The van der Waals surface area contributed by atoms with Crippen molar-refractivity contribution in [2.45, 2.75) is 44.2 Å². The summed E-state index contributed by atoms with van der Waals surface area (Å²) < 4.78 is 1.47. The molecule has 0 saturated heterocycles. The van der Waals surface area contributed by atoms with Crippen molar-refractivity contribution in [3.8, 4) is 0 Å². The summed E-state index contributed by atoms with van der Waals surface area (Å²) in [5.41, 5.74) is 5.49. The molecule has 1 aliphatic carbocycles. The van der Waals surface area contributed by atoms with Crippen LogP contribution in [-0.2, 0) is 4.79 Å². The van der Waals surface area contributed by atoms with Crippen LogP contribution in [0.3, 0.4) is 0 Å². The summed E-state index contributed by atoms with van der Waals surface area (Å²) in [4.78, 5) is 12.5. The molecule has 1 unspecified atom stereocenters. The molecule has 3 nitrogen and oxygen atoms in total. The quantitative estimate of drug-likeness (QED) is 0.870. The number of rotatable bonds is 4. The van der Waals surface area contributed by atoms with Crippen LogP contribution in [0.25, 0.3) is 0 Å². The van der Waals surface area contributed by atoms with Crippen LogP contribution in [0.1, 0.15) is 43.0 Å². The molecule has 100 valence electrons. The monoisotopic (exact) mass is 350 g/mol. The van der Waals surface area contributed by atoms with E-state index in [2.05, 4.69) is 21.2 Å². The van der Waals surface area contributed by atoms with Gasteiger partial charge in [0.1, 0.15) is 10.4 Å². The number of thiophene rings is 1. The van der Waals surface area contributed by atoms with Crippen molar-refractivity contribution in [1.29, 1.82) is 0 Å². The van der Waals surface area contributed by atoms with Crippen LogP contribution in [-0.4, -0.2) is 11.9 Å². The van der Waals surface area contributed by atoms with Crippen molar-refractivity contribution in [3.63, 3.8) is 0 Å². The molecule has 0 aromatic carbocycles. The fourth-order valence-corrected chi connectivity index (χ4v) is 4.12. The molecule has 0 spiro atoms. The van der Waals surface area contributed by atoms with E-state index in [4.69, 9.17) is 17.3 Å². The molecule has 6 heteroatoms. The zero-order chi connectivity index (χ0) is 13.1. The lowest BCUT2D eigenvalue weighted by Gasteiger charge is -2.26. The molecule has 1 aromatic heterocycles. The number of halogens is 2. The summed E-state index contributed by atoms with van der Waals surface area (Å²) in [6.45, 7) is 0. The van der Waals surface area contributed by atoms with E-state index >= 15 is 0 Å². The fourth-order valence-electron chi connectivity index (χ4n) is 2.32. The van der Waals surface area contributed by atoms with Crippen molar-refractivity contribution in [1.82, 2.24) is 5.32 Å². The van der Waals surface area contributed by atoms with Gasteiger partial charge >= 0.3 is 0 Å². The second-order valence-corrected chi connectivity index (χ2v) is 7.15. The second kappa shape index (κ2) is 6.37. The van der Waals surface area contributed by atoms with Crippen LogP contribution < -0.4 is 11.1 Å². The van der Waals surface area contributed by atoms with Gasteiger partial charge in [0, 0.05) is 15.4 Å². The van der Waals surface area contributed by atoms with Gasteiger partial charge in [0.05, 0.1) is 0 Å². The van der Waals surface area contributed by atoms with Crippen LogP contribution in [0.15, 0.2) is 10.5 Å². The largest absolute Gasteiger partial charge is 0.368 e. The number of hydrogen-bond donors (Lipinski definition) is 2. The minimum Gasteiger partial charge on any atom is -0.368 e. The van der Waals surface area contributed by atoms with E-state index < -0.39 is 6.04 Å². The smallest absolute Gasteiger partial charge is 0.240 e. The molecule has 18 heavy (non-hydrogen) atoms. The number of primary amides is 1. The van der Waals surface area contributed by atoms with Gasteiger partial charge in [-0.1, -0.05) is 30.9 Å². The lowest BCUT2D eigenvalue weighted by molar-refractivity contribution is -0.120. The summed E-state index contributed by atoms with van der Waals surface area (Å²) in [5, 5.41) is 3.37.